The highest BCUT2D eigenvalue weighted by Crippen LogP contribution is 2.38. The molecule has 15 heavy (non-hydrogen) atoms. The molecule has 1 aromatic rings. The second-order valence-corrected chi connectivity index (χ2v) is 4.18. The van der Waals surface area contributed by atoms with Crippen molar-refractivity contribution in [3.8, 4) is 5.75 Å². The van der Waals surface area contributed by atoms with Crippen molar-refractivity contribution in [1.82, 2.24) is 0 Å². The van der Waals surface area contributed by atoms with Crippen LogP contribution in [-0.2, 0) is 12.0 Å². The first-order chi connectivity index (χ1) is 6.91. The summed E-state index contributed by atoms with van der Waals surface area (Å²) in [4.78, 5) is 0. The summed E-state index contributed by atoms with van der Waals surface area (Å²) in [5.41, 5.74) is -0.744. The molecule has 0 radical (unpaired) electrons. The normalized spacial score (nSPS) is 15.0. The van der Waals surface area contributed by atoms with Crippen LogP contribution in [0.15, 0.2) is 6.07 Å². The number of benzene rings is 1. The smallest absolute Gasteiger partial charge is 0.168 e. The number of aliphatic hydroxyl groups is 1. The molecule has 0 atom stereocenters. The minimum atomic E-state index is -1.32. The largest absolute Gasteiger partial charge is 0.490 e. The van der Waals surface area contributed by atoms with Crippen LogP contribution in [-0.4, -0.2) is 11.7 Å². The zero-order valence-corrected chi connectivity index (χ0v) is 8.60. The van der Waals surface area contributed by atoms with Gasteiger partial charge in [-0.25, -0.2) is 8.78 Å². The molecular formula is C11H12F2O2. The predicted octanol–water partition coefficient (Wildman–Crippen LogP) is 2.13. The van der Waals surface area contributed by atoms with Gasteiger partial charge in [0.05, 0.1) is 12.2 Å². The van der Waals surface area contributed by atoms with Gasteiger partial charge < -0.3 is 9.84 Å². The molecule has 2 nitrogen and oxygen atoms in total. The zero-order valence-electron chi connectivity index (χ0n) is 8.60. The summed E-state index contributed by atoms with van der Waals surface area (Å²) in [7, 11) is 0. The molecule has 0 amide bonds. The molecule has 0 spiro atoms. The molecule has 2 rings (SSSR count). The van der Waals surface area contributed by atoms with Crippen molar-refractivity contribution in [2.45, 2.75) is 25.9 Å². The Kier molecular flexibility index (Phi) is 2.19. The van der Waals surface area contributed by atoms with Crippen LogP contribution in [0.25, 0.3) is 0 Å². The van der Waals surface area contributed by atoms with Crippen LogP contribution in [0.3, 0.4) is 0 Å². The van der Waals surface area contributed by atoms with Crippen LogP contribution in [0, 0.1) is 11.6 Å². The van der Waals surface area contributed by atoms with Gasteiger partial charge in [0.2, 0.25) is 0 Å². The number of ether oxygens (including phenoxy) is 1. The van der Waals surface area contributed by atoms with Gasteiger partial charge in [-0.15, -0.1) is 0 Å². The maximum atomic E-state index is 13.5. The van der Waals surface area contributed by atoms with Crippen molar-refractivity contribution >= 4 is 0 Å². The molecule has 0 unspecified atom stereocenters. The monoisotopic (exact) mass is 214 g/mol. The van der Waals surface area contributed by atoms with Crippen molar-refractivity contribution in [3.05, 3.63) is 28.8 Å². The van der Waals surface area contributed by atoms with E-state index in [1.165, 1.54) is 13.8 Å². The Morgan fingerprint density at radius 3 is 2.60 bits per heavy atom. The molecule has 1 N–H and O–H groups in total. The molecule has 1 aliphatic rings. The third-order valence-electron chi connectivity index (χ3n) is 2.50. The summed E-state index contributed by atoms with van der Waals surface area (Å²) in [5.74, 6) is -1.34. The van der Waals surface area contributed by atoms with Gasteiger partial charge in [-0.2, -0.15) is 0 Å². The zero-order chi connectivity index (χ0) is 11.2. The van der Waals surface area contributed by atoms with Gasteiger partial charge in [-0.1, -0.05) is 0 Å². The van der Waals surface area contributed by atoms with E-state index in [0.29, 0.717) is 18.6 Å². The molecular weight excluding hydrogens is 202 g/mol. The Hall–Kier alpha value is -1.16. The highest BCUT2D eigenvalue weighted by Gasteiger charge is 2.31. The Bertz CT molecular complexity index is 408. The standard InChI is InChI=1S/C11H12F2O2/c1-11(2,14)9-6-3-4-15-10(6)8(13)5-7(9)12/h5,14H,3-4H2,1-2H3. The number of halogens is 2. The quantitative estimate of drug-likeness (QED) is 0.776. The van der Waals surface area contributed by atoms with Crippen molar-refractivity contribution in [2.24, 2.45) is 0 Å². The molecule has 0 saturated heterocycles. The van der Waals surface area contributed by atoms with E-state index in [9.17, 15) is 13.9 Å². The van der Waals surface area contributed by atoms with E-state index in [-0.39, 0.29) is 11.3 Å². The Morgan fingerprint density at radius 2 is 2.00 bits per heavy atom. The lowest BCUT2D eigenvalue weighted by atomic mass is 9.91. The van der Waals surface area contributed by atoms with Crippen LogP contribution in [0.5, 0.6) is 5.75 Å². The molecule has 0 bridgehead atoms. The van der Waals surface area contributed by atoms with E-state index in [2.05, 4.69) is 0 Å². The number of rotatable bonds is 1. The second-order valence-electron chi connectivity index (χ2n) is 4.18. The average molecular weight is 214 g/mol. The minimum absolute atomic E-state index is 0.0773. The van der Waals surface area contributed by atoms with Crippen LogP contribution >= 0.6 is 0 Å². The summed E-state index contributed by atoms with van der Waals surface area (Å²) in [5, 5.41) is 9.81. The highest BCUT2D eigenvalue weighted by molar-refractivity contribution is 5.47. The van der Waals surface area contributed by atoms with E-state index in [0.717, 1.165) is 6.07 Å². The predicted molar refractivity (Wildman–Crippen MR) is 50.8 cm³/mol. The second kappa shape index (κ2) is 3.17. The lowest BCUT2D eigenvalue weighted by Gasteiger charge is -2.21. The Morgan fingerprint density at radius 1 is 1.33 bits per heavy atom. The van der Waals surface area contributed by atoms with Crippen LogP contribution in [0.2, 0.25) is 0 Å². The van der Waals surface area contributed by atoms with Gasteiger partial charge >= 0.3 is 0 Å². The van der Waals surface area contributed by atoms with Crippen molar-refractivity contribution in [2.75, 3.05) is 6.61 Å². The first kappa shape index (κ1) is 10.4. The molecule has 0 aromatic heterocycles. The summed E-state index contributed by atoms with van der Waals surface area (Å²) >= 11 is 0. The fourth-order valence-corrected chi connectivity index (χ4v) is 1.96. The van der Waals surface area contributed by atoms with Crippen LogP contribution in [0.4, 0.5) is 8.78 Å². The van der Waals surface area contributed by atoms with Gasteiger partial charge in [-0.3, -0.25) is 0 Å². The summed E-state index contributed by atoms with van der Waals surface area (Å²) in [6.45, 7) is 3.28. The number of hydrogen-bond acceptors (Lipinski definition) is 2. The highest BCUT2D eigenvalue weighted by atomic mass is 19.1. The van der Waals surface area contributed by atoms with Gasteiger partial charge in [0.15, 0.2) is 11.6 Å². The third-order valence-corrected chi connectivity index (χ3v) is 2.50. The first-order valence-electron chi connectivity index (χ1n) is 4.78. The lowest BCUT2D eigenvalue weighted by Crippen LogP contribution is -2.20. The van der Waals surface area contributed by atoms with Crippen molar-refractivity contribution < 1.29 is 18.6 Å². The number of fused-ring (bicyclic) bond motifs is 1. The Balaban J connectivity index is 2.70. The Labute approximate surface area is 86.5 Å². The minimum Gasteiger partial charge on any atom is -0.490 e. The molecule has 0 saturated carbocycles. The molecule has 1 aromatic carbocycles. The van der Waals surface area contributed by atoms with E-state index in [1.807, 2.05) is 0 Å². The van der Waals surface area contributed by atoms with Crippen molar-refractivity contribution in [1.29, 1.82) is 0 Å². The summed E-state index contributed by atoms with van der Waals surface area (Å²) in [6.07, 6.45) is 0.434. The summed E-state index contributed by atoms with van der Waals surface area (Å²) in [6, 6.07) is 0.761. The molecule has 1 aliphatic heterocycles. The number of hydrogen-bond donors (Lipinski definition) is 1. The fraction of sp³-hybridized carbons (Fsp3) is 0.455. The first-order valence-corrected chi connectivity index (χ1v) is 4.78. The average Bonchev–Trinajstić information content (AvgIpc) is 2.49. The van der Waals surface area contributed by atoms with Crippen molar-refractivity contribution in [3.63, 3.8) is 0 Å². The molecule has 1 heterocycles. The van der Waals surface area contributed by atoms with E-state index in [1.54, 1.807) is 0 Å². The molecule has 0 aliphatic carbocycles. The van der Waals surface area contributed by atoms with E-state index in [4.69, 9.17) is 4.74 Å². The maximum Gasteiger partial charge on any atom is 0.168 e. The molecule has 0 fully saturated rings. The molecule has 4 heteroatoms. The van der Waals surface area contributed by atoms with Gasteiger partial charge in [-0.05, 0) is 13.8 Å². The topological polar surface area (TPSA) is 29.5 Å². The summed E-state index contributed by atoms with van der Waals surface area (Å²) < 4.78 is 31.9. The molecule has 82 valence electrons. The van der Waals surface area contributed by atoms with E-state index >= 15 is 0 Å². The fourth-order valence-electron chi connectivity index (χ4n) is 1.96. The SMILES string of the molecule is CC(C)(O)c1c(F)cc(F)c2c1CCO2. The van der Waals surface area contributed by atoms with E-state index < -0.39 is 17.2 Å². The van der Waals surface area contributed by atoms with Gasteiger partial charge in [0, 0.05) is 23.6 Å². The van der Waals surface area contributed by atoms with Crippen LogP contribution in [0.1, 0.15) is 25.0 Å². The van der Waals surface area contributed by atoms with Crippen LogP contribution < -0.4 is 4.74 Å². The maximum absolute atomic E-state index is 13.5. The van der Waals surface area contributed by atoms with Gasteiger partial charge in [0.1, 0.15) is 5.82 Å². The third kappa shape index (κ3) is 1.59. The van der Waals surface area contributed by atoms with Gasteiger partial charge in [0.25, 0.3) is 0 Å². The lowest BCUT2D eigenvalue weighted by molar-refractivity contribution is 0.0735.